The molecule has 1 aromatic rings. The van der Waals surface area contributed by atoms with Crippen LogP contribution < -0.4 is 5.73 Å². The van der Waals surface area contributed by atoms with E-state index in [0.29, 0.717) is 13.0 Å². The fourth-order valence-corrected chi connectivity index (χ4v) is 2.33. The molecule has 0 spiro atoms. The topological polar surface area (TPSA) is 60.9 Å². The second-order valence-corrected chi connectivity index (χ2v) is 4.57. The fourth-order valence-electron chi connectivity index (χ4n) is 2.33. The summed E-state index contributed by atoms with van der Waals surface area (Å²) in [5.74, 6) is 1.13. The number of hydrogen-bond acceptors (Lipinski definition) is 3. The molecular weight excluding hydrogens is 202 g/mol. The molecule has 0 atom stereocenters. The highest BCUT2D eigenvalue weighted by Gasteiger charge is 2.42. The van der Waals surface area contributed by atoms with Crippen molar-refractivity contribution in [2.24, 2.45) is 11.1 Å². The average molecular weight is 221 g/mol. The van der Waals surface area contributed by atoms with E-state index in [1.807, 2.05) is 10.8 Å². The number of nitrogens with zero attached hydrogens (tertiary/aromatic N) is 2. The van der Waals surface area contributed by atoms with Gasteiger partial charge >= 0.3 is 0 Å². The summed E-state index contributed by atoms with van der Waals surface area (Å²) in [5, 5.41) is 0. The average Bonchev–Trinajstić information content (AvgIpc) is 2.64. The molecule has 0 aliphatic heterocycles. The summed E-state index contributed by atoms with van der Waals surface area (Å²) in [5.41, 5.74) is 5.49. The first-order chi connectivity index (χ1) is 7.72. The predicted molar refractivity (Wildman–Crippen MR) is 62.0 cm³/mol. The van der Waals surface area contributed by atoms with Crippen LogP contribution in [0.4, 0.5) is 0 Å². The highest BCUT2D eigenvalue weighted by atomic mass is 16.1. The molecule has 1 aliphatic rings. The molecule has 88 valence electrons. The number of imidazole rings is 1. The summed E-state index contributed by atoms with van der Waals surface area (Å²) in [7, 11) is 0. The summed E-state index contributed by atoms with van der Waals surface area (Å²) in [4.78, 5) is 16.4. The van der Waals surface area contributed by atoms with Crippen LogP contribution in [0.1, 0.15) is 32.0 Å². The Morgan fingerprint density at radius 1 is 1.62 bits per heavy atom. The maximum atomic E-state index is 12.2. The Bertz CT molecular complexity index is 374. The number of aromatic nitrogens is 2. The quantitative estimate of drug-likeness (QED) is 0.811. The molecule has 0 unspecified atom stereocenters. The molecule has 1 aromatic heterocycles. The third-order valence-corrected chi connectivity index (χ3v) is 3.75. The van der Waals surface area contributed by atoms with Crippen LogP contribution in [0, 0.1) is 5.41 Å². The first-order valence-corrected chi connectivity index (χ1v) is 5.95. The second kappa shape index (κ2) is 4.37. The summed E-state index contributed by atoms with van der Waals surface area (Å²) >= 11 is 0. The molecule has 1 heterocycles. The minimum atomic E-state index is -0.232. The highest BCUT2D eigenvalue weighted by Crippen LogP contribution is 2.41. The fraction of sp³-hybridized carbons (Fsp3) is 0.667. The number of Topliss-reactive ketones (excluding diaryl/α,β-unsaturated/α-hetero) is 1. The van der Waals surface area contributed by atoms with E-state index in [1.54, 1.807) is 6.20 Å². The van der Waals surface area contributed by atoms with E-state index in [0.717, 1.165) is 31.6 Å². The summed E-state index contributed by atoms with van der Waals surface area (Å²) in [6.45, 7) is 3.40. The van der Waals surface area contributed by atoms with E-state index in [2.05, 4.69) is 11.9 Å². The Morgan fingerprint density at radius 2 is 2.38 bits per heavy atom. The number of rotatable bonds is 5. The van der Waals surface area contributed by atoms with Gasteiger partial charge < -0.3 is 10.3 Å². The zero-order valence-electron chi connectivity index (χ0n) is 9.78. The second-order valence-electron chi connectivity index (χ2n) is 4.57. The Labute approximate surface area is 95.9 Å². The first-order valence-electron chi connectivity index (χ1n) is 5.95. The number of ketones is 1. The molecule has 16 heavy (non-hydrogen) atoms. The van der Waals surface area contributed by atoms with E-state index >= 15 is 0 Å². The normalized spacial score (nSPS) is 18.1. The zero-order chi connectivity index (χ0) is 11.6. The minimum Gasteiger partial charge on any atom is -0.335 e. The van der Waals surface area contributed by atoms with Crippen LogP contribution in [0.15, 0.2) is 12.4 Å². The Hall–Kier alpha value is -1.16. The molecule has 1 fully saturated rings. The van der Waals surface area contributed by atoms with Gasteiger partial charge in [0.25, 0.3) is 0 Å². The molecule has 4 nitrogen and oxygen atoms in total. The van der Waals surface area contributed by atoms with E-state index < -0.39 is 0 Å². The van der Waals surface area contributed by atoms with Crippen molar-refractivity contribution in [2.75, 3.05) is 6.54 Å². The van der Waals surface area contributed by atoms with E-state index in [9.17, 15) is 4.79 Å². The number of hydrogen-bond donors (Lipinski definition) is 1. The van der Waals surface area contributed by atoms with E-state index in [4.69, 9.17) is 5.73 Å². The maximum absolute atomic E-state index is 12.2. The summed E-state index contributed by atoms with van der Waals surface area (Å²) in [6.07, 6.45) is 7.13. The van der Waals surface area contributed by atoms with E-state index in [-0.39, 0.29) is 11.2 Å². The van der Waals surface area contributed by atoms with Crippen LogP contribution in [-0.4, -0.2) is 21.9 Å². The van der Waals surface area contributed by atoms with Gasteiger partial charge in [-0.15, -0.1) is 0 Å². The molecule has 0 bridgehead atoms. The molecule has 2 rings (SSSR count). The van der Waals surface area contributed by atoms with Crippen LogP contribution >= 0.6 is 0 Å². The van der Waals surface area contributed by atoms with Crippen LogP contribution in [0.5, 0.6) is 0 Å². The van der Waals surface area contributed by atoms with Gasteiger partial charge in [0.1, 0.15) is 11.6 Å². The van der Waals surface area contributed by atoms with Gasteiger partial charge in [-0.3, -0.25) is 4.79 Å². The van der Waals surface area contributed by atoms with Crippen LogP contribution in [0.25, 0.3) is 0 Å². The third kappa shape index (κ3) is 1.78. The van der Waals surface area contributed by atoms with Crippen molar-refractivity contribution in [3.8, 4) is 0 Å². The van der Waals surface area contributed by atoms with E-state index in [1.165, 1.54) is 0 Å². The van der Waals surface area contributed by atoms with Crippen molar-refractivity contribution >= 4 is 5.78 Å². The van der Waals surface area contributed by atoms with Gasteiger partial charge in [-0.1, -0.05) is 6.42 Å². The molecule has 0 aromatic carbocycles. The number of nitrogens with two attached hydrogens (primary N) is 1. The minimum absolute atomic E-state index is 0.232. The molecular formula is C12H19N3O. The van der Waals surface area contributed by atoms with Gasteiger partial charge in [-0.2, -0.15) is 0 Å². The van der Waals surface area contributed by atoms with Gasteiger partial charge in [-0.25, -0.2) is 4.98 Å². The van der Waals surface area contributed by atoms with Crippen molar-refractivity contribution in [2.45, 2.75) is 39.2 Å². The molecule has 2 N–H and O–H groups in total. The molecule has 4 heteroatoms. The Kier molecular flexibility index (Phi) is 3.10. The number of aryl methyl sites for hydroxylation is 1. The van der Waals surface area contributed by atoms with Gasteiger partial charge in [-0.05, 0) is 19.8 Å². The number of carbonyl (C=O) groups excluding carboxylic acids is 1. The standard InChI is InChI=1S/C12H19N3O/c1-2-15-7-6-14-11(15)8-10(16)12(9-13)4-3-5-12/h6-7H,2-5,8-9,13H2,1H3. The lowest BCUT2D eigenvalue weighted by atomic mass is 9.65. The Morgan fingerprint density at radius 3 is 2.88 bits per heavy atom. The lowest BCUT2D eigenvalue weighted by molar-refractivity contribution is -0.132. The third-order valence-electron chi connectivity index (χ3n) is 3.75. The lowest BCUT2D eigenvalue weighted by Gasteiger charge is -2.39. The molecule has 0 saturated heterocycles. The van der Waals surface area contributed by atoms with Gasteiger partial charge in [0, 0.05) is 30.9 Å². The van der Waals surface area contributed by atoms with Crippen molar-refractivity contribution < 1.29 is 4.79 Å². The van der Waals surface area contributed by atoms with Crippen molar-refractivity contribution in [3.05, 3.63) is 18.2 Å². The van der Waals surface area contributed by atoms with Gasteiger partial charge in [0.15, 0.2) is 0 Å². The predicted octanol–water partition coefficient (Wildman–Crippen LogP) is 1.14. The lowest BCUT2D eigenvalue weighted by Crippen LogP contribution is -2.45. The molecule has 1 aliphatic carbocycles. The van der Waals surface area contributed by atoms with Crippen molar-refractivity contribution in [1.29, 1.82) is 0 Å². The van der Waals surface area contributed by atoms with Gasteiger partial charge in [0.05, 0.1) is 6.42 Å². The largest absolute Gasteiger partial charge is 0.335 e. The van der Waals surface area contributed by atoms with Crippen molar-refractivity contribution in [3.63, 3.8) is 0 Å². The summed E-state index contributed by atoms with van der Waals surface area (Å²) < 4.78 is 2.01. The van der Waals surface area contributed by atoms with Crippen LogP contribution in [0.3, 0.4) is 0 Å². The Balaban J connectivity index is 2.07. The number of carbonyl (C=O) groups is 1. The maximum Gasteiger partial charge on any atom is 0.147 e. The first kappa shape index (κ1) is 11.3. The van der Waals surface area contributed by atoms with Gasteiger partial charge in [0.2, 0.25) is 0 Å². The summed E-state index contributed by atoms with van der Waals surface area (Å²) in [6, 6.07) is 0. The van der Waals surface area contributed by atoms with Crippen LogP contribution in [-0.2, 0) is 17.8 Å². The highest BCUT2D eigenvalue weighted by molar-refractivity contribution is 5.87. The smallest absolute Gasteiger partial charge is 0.147 e. The molecule has 0 amide bonds. The van der Waals surface area contributed by atoms with Crippen LogP contribution in [0.2, 0.25) is 0 Å². The van der Waals surface area contributed by atoms with Crippen molar-refractivity contribution in [1.82, 2.24) is 9.55 Å². The molecule has 0 radical (unpaired) electrons. The SMILES string of the molecule is CCn1ccnc1CC(=O)C1(CN)CCC1. The monoisotopic (exact) mass is 221 g/mol. The zero-order valence-corrected chi connectivity index (χ0v) is 9.78. The molecule has 1 saturated carbocycles.